The van der Waals surface area contributed by atoms with Gasteiger partial charge >= 0.3 is 0 Å². The second-order valence-electron chi connectivity index (χ2n) is 5.27. The first-order valence-corrected chi connectivity index (χ1v) is 6.95. The van der Waals surface area contributed by atoms with Gasteiger partial charge in [0.2, 0.25) is 0 Å². The van der Waals surface area contributed by atoms with Crippen molar-refractivity contribution in [2.45, 2.75) is 38.0 Å². The Morgan fingerprint density at radius 2 is 1.78 bits per heavy atom. The number of halogens is 2. The van der Waals surface area contributed by atoms with E-state index in [1.54, 1.807) is 12.1 Å². The molecule has 1 aliphatic carbocycles. The monoisotopic (exact) mass is 268 g/mol. The third-order valence-electron chi connectivity index (χ3n) is 3.83. The fourth-order valence-corrected chi connectivity index (χ4v) is 2.87. The summed E-state index contributed by atoms with van der Waals surface area (Å²) in [5, 5.41) is -0.635. The fraction of sp³-hybridized carbons (Fsp3) is 0.533. The van der Waals surface area contributed by atoms with E-state index >= 15 is 0 Å². The molecule has 1 aromatic rings. The number of hydrogen-bond acceptors (Lipinski definition) is 1. The quantitative estimate of drug-likeness (QED) is 0.738. The summed E-state index contributed by atoms with van der Waals surface area (Å²) in [6.07, 6.45) is 4.07. The van der Waals surface area contributed by atoms with Crippen molar-refractivity contribution >= 4 is 17.4 Å². The molecule has 1 atom stereocenters. The Morgan fingerprint density at radius 3 is 2.33 bits per heavy atom. The van der Waals surface area contributed by atoms with Crippen molar-refractivity contribution in [3.63, 3.8) is 0 Å². The van der Waals surface area contributed by atoms with E-state index in [0.29, 0.717) is 11.5 Å². The maximum atomic E-state index is 12.8. The molecule has 0 saturated heterocycles. The smallest absolute Gasteiger partial charge is 0.158 e. The Balaban J connectivity index is 2.02. The van der Waals surface area contributed by atoms with Crippen LogP contribution in [0.2, 0.25) is 0 Å². The lowest BCUT2D eigenvalue weighted by Crippen LogP contribution is -2.23. The minimum atomic E-state index is -0.635. The average molecular weight is 269 g/mol. The predicted molar refractivity (Wildman–Crippen MR) is 71.1 cm³/mol. The molecule has 0 radical (unpaired) electrons. The van der Waals surface area contributed by atoms with Crippen LogP contribution in [0.5, 0.6) is 0 Å². The summed E-state index contributed by atoms with van der Waals surface area (Å²) < 4.78 is 12.8. The second kappa shape index (κ2) is 5.83. The third-order valence-corrected chi connectivity index (χ3v) is 4.30. The molecule has 18 heavy (non-hydrogen) atoms. The van der Waals surface area contributed by atoms with Gasteiger partial charge in [0.05, 0.1) is 0 Å². The number of Topliss-reactive ketones (excluding diaryl/α,β-unsaturated/α-hetero) is 1. The molecule has 0 N–H and O–H groups in total. The van der Waals surface area contributed by atoms with Crippen LogP contribution >= 0.6 is 11.6 Å². The molecule has 0 heterocycles. The molecule has 0 amide bonds. The lowest BCUT2D eigenvalue weighted by molar-refractivity contribution is -0.123. The van der Waals surface area contributed by atoms with Gasteiger partial charge in [-0.05, 0) is 36.5 Å². The van der Waals surface area contributed by atoms with E-state index in [1.807, 2.05) is 0 Å². The van der Waals surface area contributed by atoms with E-state index in [9.17, 15) is 9.18 Å². The molecule has 0 spiro atoms. The first-order chi connectivity index (χ1) is 8.58. The topological polar surface area (TPSA) is 17.1 Å². The maximum absolute atomic E-state index is 12.8. The summed E-state index contributed by atoms with van der Waals surface area (Å²) in [6.45, 7) is 2.22. The van der Waals surface area contributed by atoms with Crippen LogP contribution in [0.15, 0.2) is 24.3 Å². The molecule has 1 aromatic carbocycles. The van der Waals surface area contributed by atoms with Crippen molar-refractivity contribution in [3.05, 3.63) is 35.6 Å². The molecule has 1 fully saturated rings. The highest BCUT2D eigenvalue weighted by atomic mass is 35.5. The Bertz CT molecular complexity index is 407. The molecular formula is C15H18ClFO. The number of alkyl halides is 1. The normalized spacial score (nSPS) is 25.7. The summed E-state index contributed by atoms with van der Waals surface area (Å²) in [5.41, 5.74) is 0.696. The van der Waals surface area contributed by atoms with E-state index in [4.69, 9.17) is 11.6 Å². The number of carbonyl (C=O) groups is 1. The molecule has 0 aromatic heterocycles. The van der Waals surface area contributed by atoms with Gasteiger partial charge in [-0.25, -0.2) is 4.39 Å². The zero-order valence-corrected chi connectivity index (χ0v) is 11.3. The molecule has 1 aliphatic rings. The van der Waals surface area contributed by atoms with Gasteiger partial charge in [-0.3, -0.25) is 4.79 Å². The number of hydrogen-bond donors (Lipinski definition) is 0. The highest BCUT2D eigenvalue weighted by Gasteiger charge is 2.29. The van der Waals surface area contributed by atoms with Crippen molar-refractivity contribution in [3.8, 4) is 0 Å². The minimum absolute atomic E-state index is 0.0775. The zero-order chi connectivity index (χ0) is 13.1. The molecule has 3 heteroatoms. The van der Waals surface area contributed by atoms with Crippen LogP contribution in [-0.2, 0) is 4.79 Å². The van der Waals surface area contributed by atoms with Gasteiger partial charge in [0, 0.05) is 5.92 Å². The van der Waals surface area contributed by atoms with Crippen LogP contribution in [0.4, 0.5) is 4.39 Å². The van der Waals surface area contributed by atoms with Gasteiger partial charge in [-0.2, -0.15) is 0 Å². The number of benzene rings is 1. The van der Waals surface area contributed by atoms with Crippen LogP contribution in [-0.4, -0.2) is 5.78 Å². The number of carbonyl (C=O) groups excluding carboxylic acids is 1. The predicted octanol–water partition coefficient (Wildman–Crippen LogP) is 4.50. The molecular weight excluding hydrogens is 251 g/mol. The zero-order valence-electron chi connectivity index (χ0n) is 10.5. The Kier molecular flexibility index (Phi) is 4.39. The second-order valence-corrected chi connectivity index (χ2v) is 5.71. The summed E-state index contributed by atoms with van der Waals surface area (Å²) >= 11 is 6.21. The van der Waals surface area contributed by atoms with Crippen molar-refractivity contribution in [2.24, 2.45) is 11.8 Å². The molecule has 0 aliphatic heterocycles. The van der Waals surface area contributed by atoms with E-state index in [0.717, 1.165) is 25.7 Å². The lowest BCUT2D eigenvalue weighted by atomic mass is 9.79. The molecule has 0 bridgehead atoms. The molecule has 1 saturated carbocycles. The van der Waals surface area contributed by atoms with Crippen LogP contribution in [0.25, 0.3) is 0 Å². The third kappa shape index (κ3) is 3.11. The van der Waals surface area contributed by atoms with Gasteiger partial charge in [0.15, 0.2) is 5.78 Å². The standard InChI is InChI=1S/C15H18ClFO/c1-10-2-4-12(5-3-10)15(18)14(16)11-6-8-13(17)9-7-11/h6-10,12,14H,2-5H2,1H3. The molecule has 2 rings (SSSR count). The lowest BCUT2D eigenvalue weighted by Gasteiger charge is -2.26. The summed E-state index contributed by atoms with van der Waals surface area (Å²) in [7, 11) is 0. The largest absolute Gasteiger partial charge is 0.297 e. The van der Waals surface area contributed by atoms with Crippen molar-refractivity contribution in [1.82, 2.24) is 0 Å². The molecule has 1 nitrogen and oxygen atoms in total. The highest BCUT2D eigenvalue weighted by molar-refractivity contribution is 6.31. The van der Waals surface area contributed by atoms with Crippen molar-refractivity contribution in [1.29, 1.82) is 0 Å². The van der Waals surface area contributed by atoms with Crippen LogP contribution < -0.4 is 0 Å². The molecule has 1 unspecified atom stereocenters. The van der Waals surface area contributed by atoms with Gasteiger partial charge in [0.1, 0.15) is 11.2 Å². The first kappa shape index (κ1) is 13.5. The number of ketones is 1. The number of rotatable bonds is 3. The molecule has 98 valence electrons. The van der Waals surface area contributed by atoms with Crippen LogP contribution in [0, 0.1) is 17.7 Å². The van der Waals surface area contributed by atoms with Crippen molar-refractivity contribution < 1.29 is 9.18 Å². The van der Waals surface area contributed by atoms with E-state index < -0.39 is 5.38 Å². The van der Waals surface area contributed by atoms with Crippen LogP contribution in [0.1, 0.15) is 43.5 Å². The SMILES string of the molecule is CC1CCC(C(=O)C(Cl)c2ccc(F)cc2)CC1. The Hall–Kier alpha value is -0.890. The van der Waals surface area contributed by atoms with Gasteiger partial charge in [-0.1, -0.05) is 31.9 Å². The van der Waals surface area contributed by atoms with Gasteiger partial charge in [-0.15, -0.1) is 11.6 Å². The Labute approximate surface area is 112 Å². The average Bonchev–Trinajstić information content (AvgIpc) is 2.39. The summed E-state index contributed by atoms with van der Waals surface area (Å²) in [6, 6.07) is 5.88. The van der Waals surface area contributed by atoms with Gasteiger partial charge < -0.3 is 0 Å². The highest BCUT2D eigenvalue weighted by Crippen LogP contribution is 2.34. The first-order valence-electron chi connectivity index (χ1n) is 6.51. The summed E-state index contributed by atoms with van der Waals surface area (Å²) in [4.78, 5) is 12.3. The van der Waals surface area contributed by atoms with E-state index in [-0.39, 0.29) is 17.5 Å². The summed E-state index contributed by atoms with van der Waals surface area (Å²) in [5.74, 6) is 0.583. The van der Waals surface area contributed by atoms with Gasteiger partial charge in [0.25, 0.3) is 0 Å². The maximum Gasteiger partial charge on any atom is 0.158 e. The van der Waals surface area contributed by atoms with E-state index in [2.05, 4.69) is 6.92 Å². The van der Waals surface area contributed by atoms with Crippen molar-refractivity contribution in [2.75, 3.05) is 0 Å². The fourth-order valence-electron chi connectivity index (χ4n) is 2.55. The Morgan fingerprint density at radius 1 is 1.22 bits per heavy atom. The van der Waals surface area contributed by atoms with Crippen LogP contribution in [0.3, 0.4) is 0 Å². The van der Waals surface area contributed by atoms with E-state index in [1.165, 1.54) is 12.1 Å². The minimum Gasteiger partial charge on any atom is -0.297 e.